The number of hydrogen-bond donors (Lipinski definition) is 1. The van der Waals surface area contributed by atoms with Crippen LogP contribution in [0.3, 0.4) is 0 Å². The van der Waals surface area contributed by atoms with Crippen LogP contribution in [0, 0.1) is 5.41 Å². The Morgan fingerprint density at radius 3 is 2.65 bits per heavy atom. The predicted octanol–water partition coefficient (Wildman–Crippen LogP) is 1.80. The van der Waals surface area contributed by atoms with Gasteiger partial charge in [0.25, 0.3) is 6.47 Å². The summed E-state index contributed by atoms with van der Waals surface area (Å²) >= 11 is 0. The molecule has 2 aliphatic heterocycles. The van der Waals surface area contributed by atoms with Crippen LogP contribution >= 0.6 is 0 Å². The van der Waals surface area contributed by atoms with Gasteiger partial charge in [-0.15, -0.1) is 0 Å². The van der Waals surface area contributed by atoms with Gasteiger partial charge in [-0.1, -0.05) is 6.92 Å². The third kappa shape index (κ3) is 5.64. The van der Waals surface area contributed by atoms with Crippen molar-refractivity contribution in [3.05, 3.63) is 18.2 Å². The number of piperidine rings is 2. The van der Waals surface area contributed by atoms with Gasteiger partial charge >= 0.3 is 0 Å². The summed E-state index contributed by atoms with van der Waals surface area (Å²) in [5.74, 6) is 1.36. The van der Waals surface area contributed by atoms with Gasteiger partial charge in [0.05, 0.1) is 12.0 Å². The van der Waals surface area contributed by atoms with E-state index >= 15 is 0 Å². The molecular weight excluding hydrogens is 400 g/mol. The molecule has 1 N–H and O–H groups in total. The molecule has 0 bridgehead atoms. The van der Waals surface area contributed by atoms with Crippen molar-refractivity contribution in [2.45, 2.75) is 65.0 Å². The van der Waals surface area contributed by atoms with Gasteiger partial charge in [0, 0.05) is 64.6 Å². The molecule has 3 heterocycles. The lowest BCUT2D eigenvalue weighted by Gasteiger charge is -2.51. The van der Waals surface area contributed by atoms with E-state index in [0.29, 0.717) is 26.1 Å². The lowest BCUT2D eigenvalue weighted by molar-refractivity contribution is -0.160. The third-order valence-corrected chi connectivity index (χ3v) is 6.62. The van der Waals surface area contributed by atoms with Crippen LogP contribution in [0.15, 0.2) is 12.4 Å². The van der Waals surface area contributed by atoms with Crippen molar-refractivity contribution in [1.82, 2.24) is 19.4 Å². The van der Waals surface area contributed by atoms with E-state index in [1.807, 2.05) is 16.0 Å². The average Bonchev–Trinajstić information content (AvgIpc) is 3.23. The number of likely N-dealkylation sites (tertiary alicyclic amines) is 2. The highest BCUT2D eigenvalue weighted by molar-refractivity contribution is 5.86. The Kier molecular flexibility index (Phi) is 9.48. The van der Waals surface area contributed by atoms with Crippen LogP contribution in [0.25, 0.3) is 0 Å². The molecular formula is C22H36N4O5. The van der Waals surface area contributed by atoms with Crippen LogP contribution in [-0.4, -0.2) is 82.1 Å². The topological polar surface area (TPSA) is 105 Å². The van der Waals surface area contributed by atoms with Crippen molar-refractivity contribution in [3.63, 3.8) is 0 Å². The molecule has 0 radical (unpaired) electrons. The number of aromatic nitrogens is 2. The van der Waals surface area contributed by atoms with Crippen LogP contribution in [0.1, 0.15) is 51.8 Å². The van der Waals surface area contributed by atoms with Gasteiger partial charge in [0.1, 0.15) is 5.82 Å². The van der Waals surface area contributed by atoms with E-state index in [-0.39, 0.29) is 24.3 Å². The van der Waals surface area contributed by atoms with E-state index in [9.17, 15) is 9.59 Å². The summed E-state index contributed by atoms with van der Waals surface area (Å²) in [5.41, 5.74) is -0.427. The van der Waals surface area contributed by atoms with Crippen molar-refractivity contribution in [2.75, 3.05) is 33.4 Å². The van der Waals surface area contributed by atoms with Crippen molar-refractivity contribution >= 4 is 18.3 Å². The van der Waals surface area contributed by atoms with Gasteiger partial charge in [0.2, 0.25) is 11.8 Å². The number of carbonyl (C=O) groups is 3. The van der Waals surface area contributed by atoms with Crippen LogP contribution in [0.2, 0.25) is 0 Å². The number of hydrogen-bond acceptors (Lipinski definition) is 5. The summed E-state index contributed by atoms with van der Waals surface area (Å²) in [6.45, 7) is 7.28. The second kappa shape index (κ2) is 11.8. The van der Waals surface area contributed by atoms with Crippen molar-refractivity contribution in [1.29, 1.82) is 0 Å². The molecule has 0 aromatic carbocycles. The summed E-state index contributed by atoms with van der Waals surface area (Å²) in [6.07, 6.45) is 8.68. The molecule has 0 unspecified atom stereocenters. The van der Waals surface area contributed by atoms with E-state index in [0.717, 1.165) is 51.0 Å². The van der Waals surface area contributed by atoms with Gasteiger partial charge in [-0.3, -0.25) is 14.4 Å². The minimum atomic E-state index is -0.427. The van der Waals surface area contributed by atoms with Crippen LogP contribution in [0.4, 0.5) is 0 Å². The summed E-state index contributed by atoms with van der Waals surface area (Å²) in [6, 6.07) is -0.0555. The zero-order valence-electron chi connectivity index (χ0n) is 19.0. The normalized spacial score (nSPS) is 23.5. The minimum Gasteiger partial charge on any atom is -0.483 e. The maximum atomic E-state index is 13.3. The smallest absolute Gasteiger partial charge is 0.290 e. The Morgan fingerprint density at radius 2 is 2.00 bits per heavy atom. The quantitative estimate of drug-likeness (QED) is 0.654. The molecule has 1 aromatic rings. The molecule has 1 aromatic heterocycles. The first-order chi connectivity index (χ1) is 14.9. The Bertz CT molecular complexity index is 733. The first kappa shape index (κ1) is 24.8. The fourth-order valence-corrected chi connectivity index (χ4v) is 4.97. The van der Waals surface area contributed by atoms with Crippen molar-refractivity contribution < 1.29 is 24.2 Å². The van der Waals surface area contributed by atoms with Gasteiger partial charge < -0.3 is 24.2 Å². The molecule has 31 heavy (non-hydrogen) atoms. The maximum Gasteiger partial charge on any atom is 0.290 e. The highest BCUT2D eigenvalue weighted by Gasteiger charge is 2.51. The maximum absolute atomic E-state index is 13.3. The summed E-state index contributed by atoms with van der Waals surface area (Å²) in [5, 5.41) is 6.89. The molecule has 9 heteroatoms. The molecule has 3 rings (SSSR count). The van der Waals surface area contributed by atoms with Crippen LogP contribution in [0.5, 0.6) is 0 Å². The second-order valence-corrected chi connectivity index (χ2v) is 8.16. The lowest BCUT2D eigenvalue weighted by atomic mass is 9.67. The lowest BCUT2D eigenvalue weighted by Crippen LogP contribution is -2.62. The van der Waals surface area contributed by atoms with E-state index < -0.39 is 5.41 Å². The Labute approximate surface area is 184 Å². The van der Waals surface area contributed by atoms with Gasteiger partial charge in [-0.2, -0.15) is 0 Å². The Hall–Kier alpha value is -2.42. The minimum absolute atomic E-state index is 0.0555. The monoisotopic (exact) mass is 436 g/mol. The van der Waals surface area contributed by atoms with Crippen molar-refractivity contribution in [3.8, 4) is 0 Å². The number of amides is 2. The molecule has 2 atom stereocenters. The molecule has 0 aliphatic carbocycles. The molecule has 2 aliphatic rings. The SMILES string of the molecule is CCc1nccn1CCC(=O)N1CCC[C@@]2(CCCN(CCOC)C2=O)[C@@H]1C.O=CO. The number of carbonyl (C=O) groups excluding carboxylic acids is 2. The van der Waals surface area contributed by atoms with E-state index in [4.69, 9.17) is 14.6 Å². The van der Waals surface area contributed by atoms with E-state index in [2.05, 4.69) is 23.4 Å². The molecule has 174 valence electrons. The standard InChI is InChI=1S/C21H34N4O3.CH2O2/c1-4-18-22-10-14-23(18)13-7-19(26)25-12-6-9-21(17(25)2)8-5-11-24(20(21)27)15-16-28-3;2-1-3/h10,14,17H,4-9,11-13,15-16H2,1-3H3;1H,(H,2,3)/t17-,21-;/m0./s1. The molecule has 1 spiro atoms. The van der Waals surface area contributed by atoms with Crippen LogP contribution in [-0.2, 0) is 32.1 Å². The summed E-state index contributed by atoms with van der Waals surface area (Å²) in [4.78, 5) is 43.0. The molecule has 2 saturated heterocycles. The highest BCUT2D eigenvalue weighted by Crippen LogP contribution is 2.44. The summed E-state index contributed by atoms with van der Waals surface area (Å²) in [7, 11) is 1.66. The average molecular weight is 437 g/mol. The fourth-order valence-electron chi connectivity index (χ4n) is 4.97. The number of ether oxygens (including phenoxy) is 1. The van der Waals surface area contributed by atoms with Crippen LogP contribution < -0.4 is 0 Å². The molecule has 2 fully saturated rings. The van der Waals surface area contributed by atoms with Gasteiger partial charge in [0.15, 0.2) is 0 Å². The number of carboxylic acid groups (broad SMARTS) is 1. The van der Waals surface area contributed by atoms with E-state index in [1.54, 1.807) is 13.3 Å². The molecule has 0 saturated carbocycles. The largest absolute Gasteiger partial charge is 0.483 e. The second-order valence-electron chi connectivity index (χ2n) is 8.16. The summed E-state index contributed by atoms with van der Waals surface area (Å²) < 4.78 is 7.23. The number of methoxy groups -OCH3 is 1. The van der Waals surface area contributed by atoms with Gasteiger partial charge in [-0.25, -0.2) is 4.98 Å². The number of rotatable bonds is 7. The third-order valence-electron chi connectivity index (χ3n) is 6.62. The van der Waals surface area contributed by atoms with E-state index in [1.165, 1.54) is 0 Å². The molecule has 2 amide bonds. The molecule has 9 nitrogen and oxygen atoms in total. The first-order valence-electron chi connectivity index (χ1n) is 11.1. The number of nitrogens with zero attached hydrogens (tertiary/aromatic N) is 4. The Balaban J connectivity index is 0.00000107. The Morgan fingerprint density at radius 1 is 1.32 bits per heavy atom. The van der Waals surface area contributed by atoms with Crippen molar-refractivity contribution in [2.24, 2.45) is 5.41 Å². The first-order valence-corrected chi connectivity index (χ1v) is 11.1. The zero-order valence-corrected chi connectivity index (χ0v) is 19.0. The number of imidazole rings is 1. The zero-order chi connectivity index (χ0) is 22.9. The number of aryl methyl sites for hydroxylation is 2. The highest BCUT2D eigenvalue weighted by atomic mass is 16.5. The predicted molar refractivity (Wildman–Crippen MR) is 115 cm³/mol. The fraction of sp³-hybridized carbons (Fsp3) is 0.727. The van der Waals surface area contributed by atoms with Gasteiger partial charge in [-0.05, 0) is 32.6 Å².